The molecule has 1 fully saturated rings. The molecule has 0 bridgehead atoms. The first-order valence-electron chi connectivity index (χ1n) is 8.34. The molecule has 3 heterocycles. The maximum atomic E-state index is 4.81. The van der Waals surface area contributed by atoms with Gasteiger partial charge in [0.15, 0.2) is 5.96 Å². The van der Waals surface area contributed by atoms with Crippen molar-refractivity contribution in [2.45, 2.75) is 45.2 Å². The number of halogens is 1. The van der Waals surface area contributed by atoms with Crippen LogP contribution in [0.2, 0.25) is 0 Å². The third kappa shape index (κ3) is 5.51. The van der Waals surface area contributed by atoms with Crippen molar-refractivity contribution in [3.8, 4) is 0 Å². The van der Waals surface area contributed by atoms with E-state index in [4.69, 9.17) is 4.99 Å². The average Bonchev–Trinajstić information content (AvgIpc) is 3.01. The minimum absolute atomic E-state index is 0. The highest BCUT2D eigenvalue weighted by atomic mass is 127. The van der Waals surface area contributed by atoms with E-state index < -0.39 is 0 Å². The Hall–Kier alpha value is -0.510. The van der Waals surface area contributed by atoms with Crippen molar-refractivity contribution in [2.24, 2.45) is 10.9 Å². The Balaban J connectivity index is 0.00000192. The molecule has 0 aromatic carbocycles. The van der Waals surface area contributed by atoms with Gasteiger partial charge in [-0.05, 0) is 43.6 Å². The SMILES string of the molecule is CCNC(=NCC1CCSCC1)NC1CCc2ncnn2C1.I. The highest BCUT2D eigenvalue weighted by Gasteiger charge is 2.21. The van der Waals surface area contributed by atoms with Crippen molar-refractivity contribution in [3.05, 3.63) is 12.2 Å². The van der Waals surface area contributed by atoms with Crippen molar-refractivity contribution in [2.75, 3.05) is 24.6 Å². The van der Waals surface area contributed by atoms with Crippen LogP contribution >= 0.6 is 35.7 Å². The van der Waals surface area contributed by atoms with Gasteiger partial charge in [-0.1, -0.05) is 0 Å². The lowest BCUT2D eigenvalue weighted by atomic mass is 10.0. The third-order valence-corrected chi connectivity index (χ3v) is 5.39. The Morgan fingerprint density at radius 2 is 2.22 bits per heavy atom. The summed E-state index contributed by atoms with van der Waals surface area (Å²) in [5.74, 6) is 5.39. The maximum absolute atomic E-state index is 4.81. The average molecular weight is 450 g/mol. The second-order valence-electron chi connectivity index (χ2n) is 6.01. The van der Waals surface area contributed by atoms with Crippen molar-refractivity contribution < 1.29 is 0 Å². The number of rotatable bonds is 4. The van der Waals surface area contributed by atoms with Gasteiger partial charge >= 0.3 is 0 Å². The Bertz CT molecular complexity index is 500. The lowest BCUT2D eigenvalue weighted by Gasteiger charge is -2.26. The van der Waals surface area contributed by atoms with Crippen molar-refractivity contribution in [1.82, 2.24) is 25.4 Å². The second-order valence-corrected chi connectivity index (χ2v) is 7.24. The summed E-state index contributed by atoms with van der Waals surface area (Å²) in [5.41, 5.74) is 0. The van der Waals surface area contributed by atoms with Crippen LogP contribution in [-0.2, 0) is 13.0 Å². The molecule has 1 aromatic heterocycles. The molecule has 8 heteroatoms. The second kappa shape index (κ2) is 9.71. The van der Waals surface area contributed by atoms with Gasteiger partial charge in [-0.2, -0.15) is 16.9 Å². The van der Waals surface area contributed by atoms with Crippen LogP contribution in [0, 0.1) is 5.92 Å². The molecule has 1 saturated heterocycles. The molecule has 1 unspecified atom stereocenters. The van der Waals surface area contributed by atoms with Crippen LogP contribution in [0.25, 0.3) is 0 Å². The van der Waals surface area contributed by atoms with Gasteiger partial charge in [0, 0.05) is 25.6 Å². The van der Waals surface area contributed by atoms with Gasteiger partial charge in [0.2, 0.25) is 0 Å². The van der Waals surface area contributed by atoms with Crippen LogP contribution in [0.1, 0.15) is 32.0 Å². The molecule has 6 nitrogen and oxygen atoms in total. The zero-order chi connectivity index (χ0) is 15.2. The van der Waals surface area contributed by atoms with Gasteiger partial charge in [-0.15, -0.1) is 24.0 Å². The number of aliphatic imine (C=N–C) groups is 1. The van der Waals surface area contributed by atoms with E-state index in [9.17, 15) is 0 Å². The van der Waals surface area contributed by atoms with E-state index in [1.54, 1.807) is 6.33 Å². The smallest absolute Gasteiger partial charge is 0.191 e. The van der Waals surface area contributed by atoms with Gasteiger partial charge < -0.3 is 10.6 Å². The van der Waals surface area contributed by atoms with Gasteiger partial charge in [0.05, 0.1) is 6.54 Å². The molecule has 130 valence electrons. The molecule has 0 amide bonds. The fourth-order valence-electron chi connectivity index (χ4n) is 3.02. The van der Waals surface area contributed by atoms with E-state index in [0.29, 0.717) is 6.04 Å². The minimum atomic E-state index is 0. The molecule has 2 aliphatic rings. The summed E-state index contributed by atoms with van der Waals surface area (Å²) >= 11 is 2.07. The number of nitrogens with one attached hydrogen (secondary N) is 2. The quantitative estimate of drug-likeness (QED) is 0.417. The predicted octanol–water partition coefficient (Wildman–Crippen LogP) is 1.91. The molecule has 2 aliphatic heterocycles. The van der Waals surface area contributed by atoms with Gasteiger partial charge in [0.1, 0.15) is 12.2 Å². The fourth-order valence-corrected chi connectivity index (χ4v) is 4.22. The molecule has 0 spiro atoms. The summed E-state index contributed by atoms with van der Waals surface area (Å²) in [5, 5.41) is 11.2. The van der Waals surface area contributed by atoms with Crippen LogP contribution in [0.4, 0.5) is 0 Å². The van der Waals surface area contributed by atoms with E-state index in [0.717, 1.165) is 50.2 Å². The summed E-state index contributed by atoms with van der Waals surface area (Å²) < 4.78 is 2.00. The Kier molecular flexibility index (Phi) is 7.94. The topological polar surface area (TPSA) is 67.1 Å². The lowest BCUT2D eigenvalue weighted by molar-refractivity contribution is 0.392. The number of nitrogens with zero attached hydrogens (tertiary/aromatic N) is 4. The maximum Gasteiger partial charge on any atom is 0.191 e. The van der Waals surface area contributed by atoms with Crippen LogP contribution in [-0.4, -0.2) is 51.4 Å². The van der Waals surface area contributed by atoms with E-state index in [1.165, 1.54) is 24.3 Å². The van der Waals surface area contributed by atoms with E-state index >= 15 is 0 Å². The Labute approximate surface area is 159 Å². The van der Waals surface area contributed by atoms with E-state index in [1.807, 2.05) is 4.68 Å². The molecular weight excluding hydrogens is 423 g/mol. The summed E-state index contributed by atoms with van der Waals surface area (Å²) in [6.07, 6.45) is 6.33. The number of fused-ring (bicyclic) bond motifs is 1. The monoisotopic (exact) mass is 450 g/mol. The highest BCUT2D eigenvalue weighted by Crippen LogP contribution is 2.22. The molecule has 3 rings (SSSR count). The molecule has 1 aromatic rings. The predicted molar refractivity (Wildman–Crippen MR) is 107 cm³/mol. The number of aromatic nitrogens is 3. The summed E-state index contributed by atoms with van der Waals surface area (Å²) in [6, 6.07) is 0.383. The van der Waals surface area contributed by atoms with E-state index in [2.05, 4.69) is 39.4 Å². The molecule has 0 saturated carbocycles. The largest absolute Gasteiger partial charge is 0.357 e. The summed E-state index contributed by atoms with van der Waals surface area (Å²) in [7, 11) is 0. The number of hydrogen-bond acceptors (Lipinski definition) is 4. The van der Waals surface area contributed by atoms with Crippen LogP contribution in [0.3, 0.4) is 0 Å². The van der Waals surface area contributed by atoms with Crippen molar-refractivity contribution in [1.29, 1.82) is 0 Å². The van der Waals surface area contributed by atoms with Crippen molar-refractivity contribution >= 4 is 41.7 Å². The van der Waals surface area contributed by atoms with Crippen LogP contribution in [0.15, 0.2) is 11.3 Å². The zero-order valence-electron chi connectivity index (χ0n) is 13.7. The third-order valence-electron chi connectivity index (χ3n) is 4.34. The Morgan fingerprint density at radius 1 is 1.39 bits per heavy atom. The molecule has 0 aliphatic carbocycles. The lowest BCUT2D eigenvalue weighted by Crippen LogP contribution is -2.47. The van der Waals surface area contributed by atoms with Crippen molar-refractivity contribution in [3.63, 3.8) is 0 Å². The number of hydrogen-bond donors (Lipinski definition) is 2. The molecule has 0 radical (unpaired) electrons. The number of thioether (sulfide) groups is 1. The number of aryl methyl sites for hydroxylation is 1. The molecule has 2 N–H and O–H groups in total. The summed E-state index contributed by atoms with van der Waals surface area (Å²) in [4.78, 5) is 9.10. The van der Waals surface area contributed by atoms with Gasteiger partial charge in [-0.25, -0.2) is 9.67 Å². The highest BCUT2D eigenvalue weighted by molar-refractivity contribution is 14.0. The Morgan fingerprint density at radius 3 is 3.00 bits per heavy atom. The minimum Gasteiger partial charge on any atom is -0.357 e. The van der Waals surface area contributed by atoms with Gasteiger partial charge in [0.25, 0.3) is 0 Å². The summed E-state index contributed by atoms with van der Waals surface area (Å²) in [6.45, 7) is 4.83. The van der Waals surface area contributed by atoms with E-state index in [-0.39, 0.29) is 24.0 Å². The first kappa shape index (κ1) is 18.8. The number of guanidine groups is 1. The van der Waals surface area contributed by atoms with Crippen LogP contribution in [0.5, 0.6) is 0 Å². The standard InChI is InChI=1S/C15H26N6S.HI/c1-2-16-15(17-9-12-5-7-22-8-6-12)20-13-3-4-14-18-11-19-21(14)10-13;/h11-13H,2-10H2,1H3,(H2,16,17,20);1H. The van der Waals surface area contributed by atoms with Gasteiger partial charge in [-0.3, -0.25) is 4.99 Å². The molecule has 1 atom stereocenters. The first-order chi connectivity index (χ1) is 10.8. The first-order valence-corrected chi connectivity index (χ1v) is 9.50. The fraction of sp³-hybridized carbons (Fsp3) is 0.800. The molecule has 23 heavy (non-hydrogen) atoms. The zero-order valence-corrected chi connectivity index (χ0v) is 16.8. The molecular formula is C15H27IN6S. The van der Waals surface area contributed by atoms with Crippen LogP contribution < -0.4 is 10.6 Å². The normalized spacial score (nSPS) is 22.1.